The van der Waals surface area contributed by atoms with Crippen molar-refractivity contribution in [3.05, 3.63) is 132 Å². The van der Waals surface area contributed by atoms with Crippen LogP contribution < -0.4 is 28.4 Å². The molecule has 0 aromatic heterocycles. The molecule has 16 heteroatoms. The fourth-order valence-corrected chi connectivity index (χ4v) is 13.8. The van der Waals surface area contributed by atoms with Crippen molar-refractivity contribution in [1.82, 2.24) is 0 Å². The molecule has 4 saturated carbocycles. The average molecular weight is 1550 g/mol. The van der Waals surface area contributed by atoms with Crippen molar-refractivity contribution < 1.29 is 108 Å². The third kappa shape index (κ3) is 18.7. The molecule has 4 aliphatic carbocycles. The third-order valence-electron chi connectivity index (χ3n) is 18.9. The van der Waals surface area contributed by atoms with E-state index >= 15 is 0 Å². The summed E-state index contributed by atoms with van der Waals surface area (Å²) in [6, 6.07) is 37.2. The average Bonchev–Trinajstić information content (AvgIpc) is 1.23. The second-order valence-electron chi connectivity index (χ2n) is 24.9. The molecule has 0 N–H and O–H groups in total. The first-order valence-corrected chi connectivity index (χ1v) is 31.9. The van der Waals surface area contributed by atoms with E-state index in [1.807, 2.05) is 48.5 Å². The van der Waals surface area contributed by atoms with E-state index in [0.717, 1.165) is 137 Å². The predicted molar refractivity (Wildman–Crippen MR) is 330 cm³/mol. The fourth-order valence-electron chi connectivity index (χ4n) is 13.8. The van der Waals surface area contributed by atoms with Crippen LogP contribution in [0.15, 0.2) is 109 Å². The zero-order chi connectivity index (χ0) is 58.3. The number of hydrogen-bond acceptors (Lipinski definition) is 14. The van der Waals surface area contributed by atoms with Gasteiger partial charge in [-0.3, -0.25) is 0 Å². The Balaban J connectivity index is 0.00000428. The van der Waals surface area contributed by atoms with Crippen LogP contribution in [0.5, 0.6) is 34.5 Å². The van der Waals surface area contributed by atoms with Crippen molar-refractivity contribution in [3.8, 4) is 45.6 Å². The van der Waals surface area contributed by atoms with Gasteiger partial charge in [-0.05, 0) is 234 Å². The zero-order valence-electron chi connectivity index (χ0n) is 51.3. The summed E-state index contributed by atoms with van der Waals surface area (Å²) in [5.74, 6) is 10.1. The minimum Gasteiger partial charge on any atom is -0.468 e. The van der Waals surface area contributed by atoms with Gasteiger partial charge in [-0.25, -0.2) is 11.8 Å². The van der Waals surface area contributed by atoms with E-state index in [1.165, 1.54) is 79.7 Å². The molecular weight excluding hydrogens is 1460 g/mol. The third-order valence-corrected chi connectivity index (χ3v) is 18.9. The van der Waals surface area contributed by atoms with Crippen molar-refractivity contribution in [1.29, 1.82) is 0 Å². The molecule has 0 bridgehead atoms. The molecule has 6 fully saturated rings. The van der Waals surface area contributed by atoms with Crippen LogP contribution in [0.1, 0.15) is 114 Å². The van der Waals surface area contributed by atoms with Crippen LogP contribution in [0.4, 0.5) is 0 Å². The number of ether oxygens (including phenoxy) is 14. The molecule has 0 amide bonds. The monoisotopic (exact) mass is 1540 g/mol. The summed E-state index contributed by atoms with van der Waals surface area (Å²) >= 11 is 0. The van der Waals surface area contributed by atoms with Crippen LogP contribution in [0.3, 0.4) is 0 Å². The van der Waals surface area contributed by atoms with Crippen LogP contribution in [0.2, 0.25) is 0 Å². The van der Waals surface area contributed by atoms with Crippen LogP contribution >= 0.6 is 0 Å². The number of hydrogen-bond donors (Lipinski definition) is 0. The molecule has 88 heavy (non-hydrogen) atoms. The molecule has 0 spiro atoms. The molecule has 0 radical (unpaired) electrons. The molecule has 2 saturated heterocycles. The minimum absolute atomic E-state index is 0. The van der Waals surface area contributed by atoms with Gasteiger partial charge in [-0.15, -0.1) is 0 Å². The number of aryl methyl sites for hydroxylation is 2. The molecule has 14 nitrogen and oxygen atoms in total. The van der Waals surface area contributed by atoms with Gasteiger partial charge < -0.3 is 66.3 Å². The van der Waals surface area contributed by atoms with E-state index in [4.69, 9.17) is 66.3 Å². The minimum atomic E-state index is 0. The summed E-state index contributed by atoms with van der Waals surface area (Å²) in [6.07, 6.45) is 18.9. The van der Waals surface area contributed by atoms with E-state index in [0.29, 0.717) is 39.6 Å². The van der Waals surface area contributed by atoms with Crippen molar-refractivity contribution in [3.63, 3.8) is 0 Å². The second-order valence-corrected chi connectivity index (χ2v) is 24.9. The van der Waals surface area contributed by atoms with E-state index < -0.39 is 0 Å². The molecule has 6 aromatic rings. The normalized spacial score (nSPS) is 24.1. The van der Waals surface area contributed by atoms with Gasteiger partial charge in [0.05, 0.1) is 24.4 Å². The maximum Gasteiger partial charge on any atom is 0.189 e. The summed E-state index contributed by atoms with van der Waals surface area (Å²) in [5.41, 5.74) is 4.54. The molecule has 0 unspecified atom stereocenters. The fraction of sp³-hybridized carbons (Fsp3) is 0.528. The molecule has 2 heterocycles. The topological polar surface area (TPSA) is 129 Å². The SMILES string of the molecule is Cc1ccc2c(-c3c(OCOC4CCC(C5CCC(OCOc6ccc(OCOC[C-]7COC7)cc6)CC5)CC4)ccc4cc(C)ccc34)cc(OCOC3CCC(C4CCC(OCOc5ccc(OCOC[C-]6COC6)cc5)CC4)CC3)cc2c1.[W].[W]. The van der Waals surface area contributed by atoms with Crippen LogP contribution in [0.25, 0.3) is 32.7 Å². The summed E-state index contributed by atoms with van der Waals surface area (Å²) in [5, 5.41) is 4.58. The second kappa shape index (κ2) is 33.8. The molecule has 6 aromatic carbocycles. The van der Waals surface area contributed by atoms with Crippen LogP contribution in [-0.2, 0) is 80.0 Å². The zero-order valence-corrected chi connectivity index (χ0v) is 57.2. The molecule has 2 aliphatic heterocycles. The number of benzene rings is 6. The molecule has 474 valence electrons. The summed E-state index contributed by atoms with van der Waals surface area (Å²) < 4.78 is 83.5. The van der Waals surface area contributed by atoms with Crippen molar-refractivity contribution in [2.75, 3.05) is 80.4 Å². The van der Waals surface area contributed by atoms with E-state index in [9.17, 15) is 0 Å². The largest absolute Gasteiger partial charge is 0.468 e. The van der Waals surface area contributed by atoms with Gasteiger partial charge in [0.1, 0.15) is 34.5 Å². The summed E-state index contributed by atoms with van der Waals surface area (Å²) in [7, 11) is 0. The number of fused-ring (bicyclic) bond motifs is 2. The standard InChI is InChI=1S/C72H88O14.2W/c1-49-4-31-69-57(33-49)13-32-71(86-48-84-62-20-11-56(12-21-62)54-7-16-60(17-8-54)80-46-82-66-28-24-64(25-29-66)78-44-76-42-52-39-74-40-52)72(69)70-36-67(35-58-34-50(2)3-30-68(58)70)85-47-83-61-18-9-55(10-19-61)53-5-14-59(15-6-53)79-45-81-65-26-22-63(23-27-65)77-43-75-41-51-37-73-38-51;;/h3-4,13,22-36,53-56,59-62H,5-12,14-21,37-48H2,1-2H3;;/q-2;;. The van der Waals surface area contributed by atoms with Crippen LogP contribution in [-0.4, -0.2) is 105 Å². The van der Waals surface area contributed by atoms with Crippen molar-refractivity contribution in [2.24, 2.45) is 23.7 Å². The van der Waals surface area contributed by atoms with Gasteiger partial charge in [-0.2, -0.15) is 0 Å². The number of rotatable bonds is 29. The van der Waals surface area contributed by atoms with Crippen molar-refractivity contribution in [2.45, 2.75) is 141 Å². The summed E-state index contributed by atoms with van der Waals surface area (Å²) in [6.45, 7) is 9.56. The first kappa shape index (κ1) is 66.6. The predicted octanol–water partition coefficient (Wildman–Crippen LogP) is 15.2. The Labute approximate surface area is 549 Å². The van der Waals surface area contributed by atoms with Crippen molar-refractivity contribution >= 4 is 21.5 Å². The van der Waals surface area contributed by atoms with Gasteiger partial charge in [0.15, 0.2) is 40.8 Å². The van der Waals surface area contributed by atoms with Gasteiger partial charge >= 0.3 is 0 Å². The Morgan fingerprint density at radius 2 is 0.716 bits per heavy atom. The van der Waals surface area contributed by atoms with Gasteiger partial charge in [0, 0.05) is 47.7 Å². The van der Waals surface area contributed by atoms with Gasteiger partial charge in [0.25, 0.3) is 0 Å². The Morgan fingerprint density at radius 1 is 0.352 bits per heavy atom. The maximum absolute atomic E-state index is 6.72. The van der Waals surface area contributed by atoms with E-state index in [1.54, 1.807) is 0 Å². The van der Waals surface area contributed by atoms with Crippen LogP contribution in [0, 0.1) is 49.4 Å². The van der Waals surface area contributed by atoms with E-state index in [2.05, 4.69) is 74.5 Å². The Kier molecular flexibility index (Phi) is 25.6. The smallest absolute Gasteiger partial charge is 0.189 e. The first-order valence-electron chi connectivity index (χ1n) is 31.9. The Hall–Kier alpha value is -4.30. The molecule has 0 atom stereocenters. The molecule has 12 rings (SSSR count). The van der Waals surface area contributed by atoms with E-state index in [-0.39, 0.29) is 107 Å². The molecule has 6 aliphatic rings. The first-order chi connectivity index (χ1) is 42.4. The van der Waals surface area contributed by atoms with Gasteiger partial charge in [-0.1, -0.05) is 93.2 Å². The maximum atomic E-state index is 6.72. The quantitative estimate of drug-likeness (QED) is 0.0251. The molecular formula is C72H88O14W2-2. The summed E-state index contributed by atoms with van der Waals surface area (Å²) in [4.78, 5) is 0. The Morgan fingerprint density at radius 3 is 1.11 bits per heavy atom. The van der Waals surface area contributed by atoms with Gasteiger partial charge in [0.2, 0.25) is 0 Å². The Bertz CT molecular complexity index is 3030.